The van der Waals surface area contributed by atoms with Crippen molar-refractivity contribution < 1.29 is 9.90 Å². The van der Waals surface area contributed by atoms with Gasteiger partial charge >= 0.3 is 0 Å². The molecule has 0 saturated carbocycles. The number of rotatable bonds is 3. The van der Waals surface area contributed by atoms with E-state index in [4.69, 9.17) is 11.6 Å². The molecule has 0 radical (unpaired) electrons. The molecule has 20 heavy (non-hydrogen) atoms. The first-order valence-corrected chi connectivity index (χ1v) is 7.12. The van der Waals surface area contributed by atoms with E-state index >= 15 is 0 Å². The molecule has 0 spiro atoms. The van der Waals surface area contributed by atoms with Crippen molar-refractivity contribution in [3.8, 4) is 0 Å². The summed E-state index contributed by atoms with van der Waals surface area (Å²) in [5.41, 5.74) is -0.521. The number of benzene rings is 1. The van der Waals surface area contributed by atoms with Gasteiger partial charge < -0.3 is 5.11 Å². The number of allylic oxidation sites excluding steroid dienone is 2. The van der Waals surface area contributed by atoms with Gasteiger partial charge in [-0.05, 0) is 23.8 Å². The number of hydrogen-bond acceptors (Lipinski definition) is 2. The van der Waals surface area contributed by atoms with Crippen molar-refractivity contribution in [2.75, 3.05) is 0 Å². The highest BCUT2D eigenvalue weighted by Gasteiger charge is 2.48. The Balaban J connectivity index is 2.52. The summed E-state index contributed by atoms with van der Waals surface area (Å²) < 4.78 is 0. The first-order chi connectivity index (χ1) is 9.33. The molecule has 2 rings (SSSR count). The summed E-state index contributed by atoms with van der Waals surface area (Å²) in [5.74, 6) is 0.0618. The Morgan fingerprint density at radius 2 is 1.85 bits per heavy atom. The van der Waals surface area contributed by atoms with Crippen LogP contribution in [0.5, 0.6) is 0 Å². The minimum atomic E-state index is -1.22. The van der Waals surface area contributed by atoms with Crippen molar-refractivity contribution in [3.63, 3.8) is 0 Å². The Bertz CT molecular complexity index is 582. The van der Waals surface area contributed by atoms with Crippen LogP contribution in [0, 0.1) is 5.41 Å². The summed E-state index contributed by atoms with van der Waals surface area (Å²) in [6, 6.07) is 7.10. The smallest absolute Gasteiger partial charge is 0.159 e. The van der Waals surface area contributed by atoms with Gasteiger partial charge in [0.25, 0.3) is 0 Å². The number of Topliss-reactive ketones (excluding diaryl/α,β-unsaturated/α-hetero) is 1. The largest absolute Gasteiger partial charge is 0.380 e. The monoisotopic (exact) mass is 290 g/mol. The molecular weight excluding hydrogens is 272 g/mol. The van der Waals surface area contributed by atoms with Crippen LogP contribution < -0.4 is 0 Å². The lowest BCUT2D eigenvalue weighted by Crippen LogP contribution is -2.44. The average Bonchev–Trinajstić information content (AvgIpc) is 2.41. The van der Waals surface area contributed by atoms with Gasteiger partial charge in [-0.1, -0.05) is 56.7 Å². The lowest BCUT2D eigenvalue weighted by atomic mass is 9.63. The van der Waals surface area contributed by atoms with E-state index in [1.54, 1.807) is 42.5 Å². The molecule has 0 fully saturated rings. The molecule has 1 aliphatic rings. The maximum atomic E-state index is 12.1. The van der Waals surface area contributed by atoms with Gasteiger partial charge in [-0.15, -0.1) is 0 Å². The van der Waals surface area contributed by atoms with E-state index in [0.29, 0.717) is 17.0 Å². The highest BCUT2D eigenvalue weighted by molar-refractivity contribution is 6.30. The predicted octanol–water partition coefficient (Wildman–Crippen LogP) is 4.03. The second-order valence-electron chi connectivity index (χ2n) is 5.61. The summed E-state index contributed by atoms with van der Waals surface area (Å²) in [6.45, 7) is 5.62. The van der Waals surface area contributed by atoms with Gasteiger partial charge in [-0.25, -0.2) is 0 Å². The first-order valence-electron chi connectivity index (χ1n) is 6.74. The van der Waals surface area contributed by atoms with Gasteiger partial charge in [0.15, 0.2) is 5.78 Å². The summed E-state index contributed by atoms with van der Waals surface area (Å²) in [7, 11) is 0. The van der Waals surface area contributed by atoms with Crippen LogP contribution >= 0.6 is 11.6 Å². The number of ketones is 1. The quantitative estimate of drug-likeness (QED) is 0.912. The van der Waals surface area contributed by atoms with Crippen LogP contribution in [0.25, 0.3) is 0 Å². The molecule has 0 amide bonds. The minimum absolute atomic E-state index is 0.0618. The maximum Gasteiger partial charge on any atom is 0.159 e. The minimum Gasteiger partial charge on any atom is -0.380 e. The third-order valence-corrected chi connectivity index (χ3v) is 4.38. The van der Waals surface area contributed by atoms with Crippen LogP contribution in [0.15, 0.2) is 48.1 Å². The van der Waals surface area contributed by atoms with Crippen LogP contribution in [0.4, 0.5) is 0 Å². The molecule has 1 atom stereocenters. The molecule has 0 heterocycles. The SMILES string of the molecule is CCC(=O)C1=CC=CC(O)(c2ccc(Cl)cc2)C1(C)C. The van der Waals surface area contributed by atoms with Gasteiger partial charge in [-0.3, -0.25) is 4.79 Å². The van der Waals surface area contributed by atoms with E-state index in [9.17, 15) is 9.90 Å². The number of hydrogen-bond donors (Lipinski definition) is 1. The molecule has 0 bridgehead atoms. The van der Waals surface area contributed by atoms with E-state index in [2.05, 4.69) is 0 Å². The van der Waals surface area contributed by atoms with Crippen molar-refractivity contribution in [3.05, 3.63) is 58.7 Å². The summed E-state index contributed by atoms with van der Waals surface area (Å²) in [4.78, 5) is 12.1. The van der Waals surface area contributed by atoms with Gasteiger partial charge in [0.1, 0.15) is 5.60 Å². The third kappa shape index (κ3) is 2.23. The third-order valence-electron chi connectivity index (χ3n) is 4.13. The predicted molar refractivity (Wildman–Crippen MR) is 81.7 cm³/mol. The van der Waals surface area contributed by atoms with Crippen LogP contribution in [0.1, 0.15) is 32.8 Å². The zero-order valence-corrected chi connectivity index (χ0v) is 12.7. The highest BCUT2D eigenvalue weighted by Crippen LogP contribution is 2.48. The summed E-state index contributed by atoms with van der Waals surface area (Å²) in [6.07, 6.45) is 5.72. The molecule has 1 aliphatic carbocycles. The highest BCUT2D eigenvalue weighted by atomic mass is 35.5. The van der Waals surface area contributed by atoms with E-state index in [1.165, 1.54) is 0 Å². The van der Waals surface area contributed by atoms with Crippen molar-refractivity contribution in [2.24, 2.45) is 5.41 Å². The van der Waals surface area contributed by atoms with Crippen LogP contribution in [-0.4, -0.2) is 10.9 Å². The van der Waals surface area contributed by atoms with E-state index in [-0.39, 0.29) is 5.78 Å². The van der Waals surface area contributed by atoms with Crippen molar-refractivity contribution in [2.45, 2.75) is 32.8 Å². The zero-order chi connectivity index (χ0) is 15.0. The van der Waals surface area contributed by atoms with Crippen molar-refractivity contribution in [1.82, 2.24) is 0 Å². The van der Waals surface area contributed by atoms with E-state index in [0.717, 1.165) is 5.56 Å². The normalized spacial score (nSPS) is 24.4. The molecule has 1 aromatic rings. The Hall–Kier alpha value is -1.38. The van der Waals surface area contributed by atoms with Crippen LogP contribution in [0.2, 0.25) is 5.02 Å². The van der Waals surface area contributed by atoms with E-state index < -0.39 is 11.0 Å². The molecular formula is C17H19ClO2. The lowest BCUT2D eigenvalue weighted by Gasteiger charge is -2.44. The van der Waals surface area contributed by atoms with Crippen LogP contribution in [-0.2, 0) is 10.4 Å². The molecule has 2 nitrogen and oxygen atoms in total. The lowest BCUT2D eigenvalue weighted by molar-refractivity contribution is -0.118. The fraction of sp³-hybridized carbons (Fsp3) is 0.353. The molecule has 3 heteroatoms. The van der Waals surface area contributed by atoms with Crippen molar-refractivity contribution >= 4 is 17.4 Å². The van der Waals surface area contributed by atoms with Crippen molar-refractivity contribution in [1.29, 1.82) is 0 Å². The topological polar surface area (TPSA) is 37.3 Å². The molecule has 0 aromatic heterocycles. The second kappa shape index (κ2) is 5.19. The van der Waals surface area contributed by atoms with Gasteiger partial charge in [0.05, 0.1) is 0 Å². The first kappa shape index (κ1) is 15.0. The molecule has 1 N–H and O–H groups in total. The number of carbonyl (C=O) groups excluding carboxylic acids is 1. The molecule has 106 valence electrons. The van der Waals surface area contributed by atoms with Gasteiger partial charge in [-0.2, -0.15) is 0 Å². The fourth-order valence-corrected chi connectivity index (χ4v) is 2.82. The summed E-state index contributed by atoms with van der Waals surface area (Å²) in [5, 5.41) is 11.8. The molecule has 0 saturated heterocycles. The molecule has 1 unspecified atom stereocenters. The number of halogens is 1. The van der Waals surface area contributed by atoms with E-state index in [1.807, 2.05) is 20.8 Å². The Labute approximate surface area is 124 Å². The Kier molecular flexibility index (Phi) is 3.90. The fourth-order valence-electron chi connectivity index (χ4n) is 2.70. The number of carbonyl (C=O) groups is 1. The Morgan fingerprint density at radius 3 is 2.40 bits per heavy atom. The van der Waals surface area contributed by atoms with Crippen LogP contribution in [0.3, 0.4) is 0 Å². The average molecular weight is 291 g/mol. The zero-order valence-electron chi connectivity index (χ0n) is 12.0. The Morgan fingerprint density at radius 1 is 1.25 bits per heavy atom. The second-order valence-corrected chi connectivity index (χ2v) is 6.05. The molecule has 0 aliphatic heterocycles. The number of aliphatic hydroxyl groups is 1. The van der Waals surface area contributed by atoms with Gasteiger partial charge in [0, 0.05) is 22.4 Å². The summed E-state index contributed by atoms with van der Waals surface area (Å²) >= 11 is 5.90. The van der Waals surface area contributed by atoms with Gasteiger partial charge in [0.2, 0.25) is 0 Å². The molecule has 1 aromatic carbocycles. The maximum absolute atomic E-state index is 12.1. The standard InChI is InChI=1S/C17H19ClO2/c1-4-15(19)14-6-5-11-17(20,16(14,2)3)12-7-9-13(18)10-8-12/h5-11,20H,4H2,1-3H3.